The minimum absolute atomic E-state index is 0.136. The summed E-state index contributed by atoms with van der Waals surface area (Å²) in [6.07, 6.45) is 3.61. The van der Waals surface area contributed by atoms with Gasteiger partial charge in [-0.2, -0.15) is 0 Å². The maximum absolute atomic E-state index is 11.3. The second kappa shape index (κ2) is 9.32. The summed E-state index contributed by atoms with van der Waals surface area (Å²) < 4.78 is 4.57. The molecule has 18 heavy (non-hydrogen) atoms. The van der Waals surface area contributed by atoms with E-state index in [1.165, 1.54) is 0 Å². The number of ether oxygens (including phenoxy) is 1. The highest BCUT2D eigenvalue weighted by Gasteiger charge is 2.14. The molecule has 0 bridgehead atoms. The molecular weight excluding hydrogens is 238 g/mol. The van der Waals surface area contributed by atoms with Crippen molar-refractivity contribution in [2.24, 2.45) is 5.92 Å². The largest absolute Gasteiger partial charge is 0.458 e. The number of hydrogen-bond acceptors (Lipinski definition) is 5. The molecule has 1 unspecified atom stereocenters. The van der Waals surface area contributed by atoms with Gasteiger partial charge < -0.3 is 4.74 Å². The molecule has 0 aromatic carbocycles. The summed E-state index contributed by atoms with van der Waals surface area (Å²) in [5.41, 5.74) is 0.428. The van der Waals surface area contributed by atoms with Gasteiger partial charge in [-0.3, -0.25) is 19.7 Å². The minimum atomic E-state index is -0.612. The lowest BCUT2D eigenvalue weighted by atomic mass is 9.96. The van der Waals surface area contributed by atoms with E-state index in [1.54, 1.807) is 0 Å². The highest BCUT2D eigenvalue weighted by atomic mass is 16.6. The van der Waals surface area contributed by atoms with Crippen LogP contribution in [-0.4, -0.2) is 23.8 Å². The lowest BCUT2D eigenvalue weighted by Gasteiger charge is -2.11. The number of rotatable bonds is 9. The number of nitro groups is 1. The van der Waals surface area contributed by atoms with Gasteiger partial charge in [-0.15, -0.1) is 0 Å². The van der Waals surface area contributed by atoms with Crippen LogP contribution in [0.15, 0.2) is 11.8 Å². The van der Waals surface area contributed by atoms with Gasteiger partial charge in [0.05, 0.1) is 11.3 Å². The molecule has 6 nitrogen and oxygen atoms in total. The van der Waals surface area contributed by atoms with E-state index in [4.69, 9.17) is 0 Å². The average molecular weight is 257 g/mol. The van der Waals surface area contributed by atoms with Crippen molar-refractivity contribution >= 4 is 12.3 Å². The molecule has 0 saturated carbocycles. The van der Waals surface area contributed by atoms with Crippen molar-refractivity contribution in [3.05, 3.63) is 21.9 Å². The zero-order chi connectivity index (χ0) is 14.0. The smallest absolute Gasteiger partial charge is 0.310 e. The predicted octanol–water partition coefficient (Wildman–Crippen LogP) is 2.11. The number of carbonyl (C=O) groups is 2. The zero-order valence-electron chi connectivity index (χ0n) is 10.8. The Balaban J connectivity index is 4.45. The first-order valence-electron chi connectivity index (χ1n) is 5.91. The Morgan fingerprint density at radius 1 is 1.50 bits per heavy atom. The fourth-order valence-electron chi connectivity index (χ4n) is 1.73. The Morgan fingerprint density at radius 3 is 2.67 bits per heavy atom. The second-order valence-corrected chi connectivity index (χ2v) is 4.20. The quantitative estimate of drug-likeness (QED) is 0.273. The van der Waals surface area contributed by atoms with Gasteiger partial charge in [-0.1, -0.05) is 26.7 Å². The molecule has 1 atom stereocenters. The molecule has 0 aliphatic rings. The molecule has 0 amide bonds. The highest BCUT2D eigenvalue weighted by Crippen LogP contribution is 2.19. The van der Waals surface area contributed by atoms with Crippen molar-refractivity contribution in [3.63, 3.8) is 0 Å². The normalized spacial score (nSPS) is 12.9. The van der Waals surface area contributed by atoms with Crippen molar-refractivity contribution in [3.8, 4) is 0 Å². The van der Waals surface area contributed by atoms with Gasteiger partial charge in [0, 0.05) is 5.57 Å². The molecule has 0 aliphatic carbocycles. The molecule has 0 fully saturated rings. The van der Waals surface area contributed by atoms with Crippen LogP contribution < -0.4 is 0 Å². The number of hydrogen-bond donors (Lipinski definition) is 0. The van der Waals surface area contributed by atoms with E-state index in [2.05, 4.69) is 4.74 Å². The summed E-state index contributed by atoms with van der Waals surface area (Å²) in [6, 6.07) is 0. The third-order valence-electron chi connectivity index (χ3n) is 2.36. The Bertz CT molecular complexity index is 324. The van der Waals surface area contributed by atoms with Crippen LogP contribution in [0.1, 0.15) is 39.5 Å². The van der Waals surface area contributed by atoms with Crippen LogP contribution in [0.5, 0.6) is 0 Å². The van der Waals surface area contributed by atoms with E-state index in [1.807, 2.05) is 13.8 Å². The first-order valence-corrected chi connectivity index (χ1v) is 5.91. The molecule has 0 aliphatic heterocycles. The third kappa shape index (κ3) is 8.43. The summed E-state index contributed by atoms with van der Waals surface area (Å²) in [4.78, 5) is 31.2. The lowest BCUT2D eigenvalue weighted by Crippen LogP contribution is -2.10. The van der Waals surface area contributed by atoms with Crippen molar-refractivity contribution < 1.29 is 19.2 Å². The summed E-state index contributed by atoms with van der Waals surface area (Å²) in [5.74, 6) is -0.334. The van der Waals surface area contributed by atoms with E-state index in [0.29, 0.717) is 18.3 Å². The van der Waals surface area contributed by atoms with E-state index < -0.39 is 10.9 Å². The summed E-state index contributed by atoms with van der Waals surface area (Å²) >= 11 is 0. The van der Waals surface area contributed by atoms with Crippen LogP contribution in [0.4, 0.5) is 0 Å². The first kappa shape index (κ1) is 16.3. The molecular formula is C12H19NO5. The van der Waals surface area contributed by atoms with Crippen LogP contribution in [0.3, 0.4) is 0 Å². The lowest BCUT2D eigenvalue weighted by molar-refractivity contribution is -0.403. The van der Waals surface area contributed by atoms with Crippen molar-refractivity contribution in [2.45, 2.75) is 39.5 Å². The minimum Gasteiger partial charge on any atom is -0.458 e. The van der Waals surface area contributed by atoms with Gasteiger partial charge in [0.15, 0.2) is 6.29 Å². The summed E-state index contributed by atoms with van der Waals surface area (Å²) in [7, 11) is 0. The monoisotopic (exact) mass is 257 g/mol. The highest BCUT2D eigenvalue weighted by molar-refractivity contribution is 5.73. The molecule has 0 N–H and O–H groups in total. The maximum Gasteiger partial charge on any atom is 0.310 e. The first-order chi connectivity index (χ1) is 8.49. The van der Waals surface area contributed by atoms with E-state index in [0.717, 1.165) is 19.0 Å². The molecule has 0 spiro atoms. The van der Waals surface area contributed by atoms with Gasteiger partial charge in [0.25, 0.3) is 0 Å². The van der Waals surface area contributed by atoms with Gasteiger partial charge in [-0.25, -0.2) is 0 Å². The van der Waals surface area contributed by atoms with Crippen molar-refractivity contribution in [1.82, 2.24) is 0 Å². The van der Waals surface area contributed by atoms with Crippen LogP contribution in [-0.2, 0) is 14.3 Å². The Kier molecular flexibility index (Phi) is 8.43. The van der Waals surface area contributed by atoms with Crippen LogP contribution >= 0.6 is 0 Å². The number of carbonyl (C=O) groups excluding carboxylic acids is 2. The second-order valence-electron chi connectivity index (χ2n) is 4.20. The SMILES string of the molecule is CCCC(C)CC(=C[N+](=O)[O-])CC(=O)OCC=O. The van der Waals surface area contributed by atoms with Gasteiger partial charge in [-0.05, 0) is 12.3 Å². The predicted molar refractivity (Wildman–Crippen MR) is 65.4 cm³/mol. The summed E-state index contributed by atoms with van der Waals surface area (Å²) in [5, 5.41) is 10.5. The molecule has 6 heteroatoms. The van der Waals surface area contributed by atoms with Crippen LogP contribution in [0.25, 0.3) is 0 Å². The number of esters is 1. The zero-order valence-corrected chi connectivity index (χ0v) is 10.8. The van der Waals surface area contributed by atoms with Crippen molar-refractivity contribution in [2.75, 3.05) is 6.61 Å². The average Bonchev–Trinajstić information content (AvgIpc) is 2.25. The third-order valence-corrected chi connectivity index (χ3v) is 2.36. The fourth-order valence-corrected chi connectivity index (χ4v) is 1.73. The number of aldehydes is 1. The topological polar surface area (TPSA) is 86.5 Å². The molecule has 0 rings (SSSR count). The Morgan fingerprint density at radius 2 is 2.17 bits per heavy atom. The Labute approximate surface area is 106 Å². The molecule has 0 saturated heterocycles. The molecule has 0 heterocycles. The van der Waals surface area contributed by atoms with Gasteiger partial charge >= 0.3 is 5.97 Å². The standard InChI is InChI=1S/C12H19NO5/c1-3-4-10(2)7-11(9-13(16)17)8-12(15)18-6-5-14/h5,9-10H,3-4,6-8H2,1-2H3. The Hall–Kier alpha value is -1.72. The van der Waals surface area contributed by atoms with E-state index >= 15 is 0 Å². The molecule has 0 aromatic heterocycles. The number of nitrogens with zero attached hydrogens (tertiary/aromatic N) is 1. The molecule has 0 aromatic rings. The maximum atomic E-state index is 11.3. The van der Waals surface area contributed by atoms with Gasteiger partial charge in [0.1, 0.15) is 6.61 Å². The van der Waals surface area contributed by atoms with E-state index in [9.17, 15) is 19.7 Å². The van der Waals surface area contributed by atoms with Crippen LogP contribution in [0.2, 0.25) is 0 Å². The fraction of sp³-hybridized carbons (Fsp3) is 0.667. The summed E-state index contributed by atoms with van der Waals surface area (Å²) in [6.45, 7) is 3.70. The van der Waals surface area contributed by atoms with Crippen molar-refractivity contribution in [1.29, 1.82) is 0 Å². The molecule has 102 valence electrons. The van der Waals surface area contributed by atoms with E-state index in [-0.39, 0.29) is 18.9 Å². The van der Waals surface area contributed by atoms with Gasteiger partial charge in [0.2, 0.25) is 6.20 Å². The molecule has 0 radical (unpaired) electrons. The van der Waals surface area contributed by atoms with Crippen LogP contribution in [0, 0.1) is 16.0 Å².